The molecule has 0 bridgehead atoms. The van der Waals surface area contributed by atoms with Gasteiger partial charge in [-0.2, -0.15) is 15.6 Å². The molecule has 0 saturated carbocycles. The predicted octanol–water partition coefficient (Wildman–Crippen LogP) is 2.54. The molecule has 132 valence electrons. The molecule has 0 unspecified atom stereocenters. The van der Waals surface area contributed by atoms with Crippen molar-refractivity contribution >= 4 is 22.2 Å². The van der Waals surface area contributed by atoms with Crippen LogP contribution in [0.2, 0.25) is 0 Å². The zero-order chi connectivity index (χ0) is 17.4. The third-order valence-electron chi connectivity index (χ3n) is 4.50. The van der Waals surface area contributed by atoms with Crippen molar-refractivity contribution in [1.29, 1.82) is 0 Å². The number of fused-ring (bicyclic) bond motifs is 1. The minimum absolute atomic E-state index is 0.264. The van der Waals surface area contributed by atoms with Crippen LogP contribution in [0.25, 0.3) is 16.9 Å². The third-order valence-corrected chi connectivity index (χ3v) is 6.17. The molecule has 2 aromatic heterocycles. The van der Waals surface area contributed by atoms with Gasteiger partial charge in [-0.1, -0.05) is 30.3 Å². The number of anilines is 1. The molecule has 0 spiro atoms. The quantitative estimate of drug-likeness (QED) is 0.664. The van der Waals surface area contributed by atoms with Gasteiger partial charge in [0.15, 0.2) is 5.65 Å². The molecule has 7 nitrogen and oxygen atoms in total. The van der Waals surface area contributed by atoms with E-state index in [1.807, 2.05) is 18.2 Å². The molecule has 0 amide bonds. The second-order valence-corrected chi connectivity index (χ2v) is 8.76. The van der Waals surface area contributed by atoms with E-state index < -0.39 is 10.6 Å². The summed E-state index contributed by atoms with van der Waals surface area (Å²) in [5.41, 5.74) is 9.62. The molecule has 1 saturated heterocycles. The summed E-state index contributed by atoms with van der Waals surface area (Å²) in [5, 5.41) is 4.25. The van der Waals surface area contributed by atoms with Gasteiger partial charge in [0.05, 0.1) is 17.2 Å². The molecule has 0 aliphatic carbocycles. The van der Waals surface area contributed by atoms with Crippen molar-refractivity contribution in [2.24, 2.45) is 0 Å². The van der Waals surface area contributed by atoms with Crippen molar-refractivity contribution in [2.75, 3.05) is 30.3 Å². The van der Waals surface area contributed by atoms with Crippen LogP contribution in [0.4, 0.5) is 5.95 Å². The van der Waals surface area contributed by atoms with Crippen molar-refractivity contribution in [3.8, 4) is 11.3 Å². The molecule has 8 heteroatoms. The number of nitrogens with zero attached hydrogens (tertiary/aromatic N) is 4. The molecule has 3 heterocycles. The highest BCUT2D eigenvalue weighted by molar-refractivity contribution is 8.24. The molecular formula is C17H21N5O2S. The highest BCUT2D eigenvalue weighted by atomic mass is 32.3. The van der Waals surface area contributed by atoms with Gasteiger partial charge in [-0.15, -0.1) is 5.10 Å². The molecule has 0 atom stereocenters. The molecule has 1 aliphatic rings. The van der Waals surface area contributed by atoms with Crippen LogP contribution in [-0.2, 0) is 6.54 Å². The van der Waals surface area contributed by atoms with Gasteiger partial charge in [0.1, 0.15) is 0 Å². The Morgan fingerprint density at radius 3 is 2.48 bits per heavy atom. The van der Waals surface area contributed by atoms with E-state index in [1.54, 1.807) is 4.52 Å². The molecule has 1 aromatic carbocycles. The Morgan fingerprint density at radius 1 is 1.04 bits per heavy atom. The molecule has 1 aliphatic heterocycles. The Labute approximate surface area is 147 Å². The molecule has 1 fully saturated rings. The lowest BCUT2D eigenvalue weighted by molar-refractivity contribution is 0.278. The number of benzene rings is 1. The minimum Gasteiger partial charge on any atom is -0.366 e. The monoisotopic (exact) mass is 359 g/mol. The maximum Gasteiger partial charge on any atom is 0.240 e. The molecule has 4 N–H and O–H groups in total. The zero-order valence-electron chi connectivity index (χ0n) is 13.7. The van der Waals surface area contributed by atoms with Crippen LogP contribution >= 0.6 is 10.6 Å². The third kappa shape index (κ3) is 3.47. The number of nitrogens with two attached hydrogens (primary N) is 1. The Hall–Kier alpha value is -2.13. The standard InChI is InChI=1S/C17H21N5O2S/c18-17-19-16-3-1-2-15(22(16)20-17)14-6-4-13(5-7-14)12-21-8-10-25(23,24)11-9-21/h1-7,23-24H,8-12H2,(H2,18,20). The maximum atomic E-state index is 9.70. The first-order chi connectivity index (χ1) is 12.0. The highest BCUT2D eigenvalue weighted by Crippen LogP contribution is 2.40. The molecule has 25 heavy (non-hydrogen) atoms. The van der Waals surface area contributed by atoms with E-state index in [0.29, 0.717) is 11.5 Å². The van der Waals surface area contributed by atoms with E-state index in [1.165, 1.54) is 5.56 Å². The molecule has 0 radical (unpaired) electrons. The summed E-state index contributed by atoms with van der Waals surface area (Å²) in [7, 11) is -2.34. The predicted molar refractivity (Wildman–Crippen MR) is 101 cm³/mol. The lowest BCUT2D eigenvalue weighted by Gasteiger charge is -2.41. The zero-order valence-corrected chi connectivity index (χ0v) is 14.6. The Balaban J connectivity index is 1.52. The summed E-state index contributed by atoms with van der Waals surface area (Å²) in [6.45, 7) is 2.26. The normalized spacial score (nSPS) is 19.1. The largest absolute Gasteiger partial charge is 0.366 e. The fourth-order valence-corrected chi connectivity index (χ4v) is 4.41. The highest BCUT2D eigenvalue weighted by Gasteiger charge is 2.22. The van der Waals surface area contributed by atoms with Crippen LogP contribution in [0.5, 0.6) is 0 Å². The summed E-state index contributed by atoms with van der Waals surface area (Å²) in [6.07, 6.45) is 0. The van der Waals surface area contributed by atoms with Crippen molar-refractivity contribution in [1.82, 2.24) is 19.5 Å². The Kier molecular flexibility index (Phi) is 4.12. The number of aromatic nitrogens is 3. The van der Waals surface area contributed by atoms with Gasteiger partial charge >= 0.3 is 0 Å². The van der Waals surface area contributed by atoms with E-state index in [2.05, 4.69) is 39.2 Å². The molecule has 4 rings (SSSR count). The van der Waals surface area contributed by atoms with Crippen molar-refractivity contribution in [3.05, 3.63) is 48.0 Å². The summed E-state index contributed by atoms with van der Waals surface area (Å²) >= 11 is 0. The van der Waals surface area contributed by atoms with Crippen LogP contribution < -0.4 is 5.73 Å². The van der Waals surface area contributed by atoms with Crippen LogP contribution in [0.1, 0.15) is 5.56 Å². The SMILES string of the molecule is Nc1nc2cccc(-c3ccc(CN4CCS(O)(O)CC4)cc3)n2n1. The summed E-state index contributed by atoms with van der Waals surface area (Å²) in [6, 6.07) is 14.1. The number of hydrogen-bond donors (Lipinski definition) is 3. The Morgan fingerprint density at radius 2 is 1.76 bits per heavy atom. The van der Waals surface area contributed by atoms with E-state index in [9.17, 15) is 9.11 Å². The second kappa shape index (κ2) is 6.30. The van der Waals surface area contributed by atoms with Gasteiger partial charge in [-0.05, 0) is 17.7 Å². The van der Waals surface area contributed by atoms with Crippen molar-refractivity contribution < 1.29 is 9.11 Å². The van der Waals surface area contributed by atoms with E-state index in [-0.39, 0.29) is 5.95 Å². The van der Waals surface area contributed by atoms with E-state index in [4.69, 9.17) is 5.73 Å². The summed E-state index contributed by atoms with van der Waals surface area (Å²) in [5.74, 6) is 1.21. The average molecular weight is 359 g/mol. The fourth-order valence-electron chi connectivity index (χ4n) is 3.10. The first-order valence-corrected chi connectivity index (χ1v) is 10.1. The summed E-state index contributed by atoms with van der Waals surface area (Å²) in [4.78, 5) is 6.45. The lowest BCUT2D eigenvalue weighted by Crippen LogP contribution is -2.37. The minimum atomic E-state index is -2.34. The fraction of sp³-hybridized carbons (Fsp3) is 0.294. The number of rotatable bonds is 3. The number of nitrogen functional groups attached to an aromatic ring is 1. The average Bonchev–Trinajstić information content (AvgIpc) is 2.98. The van der Waals surface area contributed by atoms with Gasteiger partial charge in [0.2, 0.25) is 5.95 Å². The van der Waals surface area contributed by atoms with Gasteiger partial charge in [0.25, 0.3) is 0 Å². The second-order valence-electron chi connectivity index (χ2n) is 6.33. The van der Waals surface area contributed by atoms with Crippen LogP contribution in [0.15, 0.2) is 42.5 Å². The van der Waals surface area contributed by atoms with Gasteiger partial charge < -0.3 is 5.73 Å². The Bertz CT molecular complexity index is 884. The number of pyridine rings is 1. The van der Waals surface area contributed by atoms with Gasteiger partial charge in [-0.3, -0.25) is 14.0 Å². The van der Waals surface area contributed by atoms with Crippen LogP contribution in [-0.4, -0.2) is 53.2 Å². The topological polar surface area (TPSA) is 99.9 Å². The molecule has 3 aromatic rings. The van der Waals surface area contributed by atoms with E-state index >= 15 is 0 Å². The van der Waals surface area contributed by atoms with Crippen LogP contribution in [0.3, 0.4) is 0 Å². The van der Waals surface area contributed by atoms with Gasteiger partial charge in [-0.25, -0.2) is 4.52 Å². The van der Waals surface area contributed by atoms with E-state index in [0.717, 1.165) is 36.5 Å². The summed E-state index contributed by atoms with van der Waals surface area (Å²) < 4.78 is 21.1. The van der Waals surface area contributed by atoms with Crippen molar-refractivity contribution in [2.45, 2.75) is 6.54 Å². The van der Waals surface area contributed by atoms with Crippen LogP contribution in [0, 0.1) is 0 Å². The lowest BCUT2D eigenvalue weighted by atomic mass is 10.1. The van der Waals surface area contributed by atoms with Gasteiger partial charge in [0, 0.05) is 25.2 Å². The smallest absolute Gasteiger partial charge is 0.240 e. The maximum absolute atomic E-state index is 9.70. The first-order valence-electron chi connectivity index (χ1n) is 8.17. The first kappa shape index (κ1) is 16.3. The number of hydrogen-bond acceptors (Lipinski definition) is 6. The van der Waals surface area contributed by atoms with Crippen molar-refractivity contribution in [3.63, 3.8) is 0 Å². The molecular weight excluding hydrogens is 338 g/mol.